The molecule has 1 aromatic carbocycles. The van der Waals surface area contributed by atoms with E-state index in [0.717, 1.165) is 21.8 Å². The zero-order valence-electron chi connectivity index (χ0n) is 15.3. The number of hydrogen-bond donors (Lipinski definition) is 2. The van der Waals surface area contributed by atoms with Gasteiger partial charge in [-0.05, 0) is 35.7 Å². The number of carbonyl (C=O) groups excluding carboxylic acids is 1. The summed E-state index contributed by atoms with van der Waals surface area (Å²) in [6.45, 7) is 2.37. The maximum absolute atomic E-state index is 12.6. The van der Waals surface area contributed by atoms with Crippen LogP contribution >= 0.6 is 11.3 Å². The van der Waals surface area contributed by atoms with Crippen molar-refractivity contribution in [2.24, 2.45) is 0 Å². The van der Waals surface area contributed by atoms with E-state index in [4.69, 9.17) is 0 Å². The molecule has 0 bridgehead atoms. The van der Waals surface area contributed by atoms with Gasteiger partial charge in [0.1, 0.15) is 5.82 Å². The van der Waals surface area contributed by atoms with Crippen molar-refractivity contribution in [2.75, 3.05) is 0 Å². The van der Waals surface area contributed by atoms with Gasteiger partial charge in [0.05, 0.1) is 9.75 Å². The average molecular weight is 389 g/mol. The van der Waals surface area contributed by atoms with Crippen molar-refractivity contribution in [3.63, 3.8) is 0 Å². The second-order valence-electron chi connectivity index (χ2n) is 6.43. The van der Waals surface area contributed by atoms with Crippen LogP contribution in [0.4, 0.5) is 0 Å². The lowest BCUT2D eigenvalue weighted by Gasteiger charge is -2.03. The number of carbonyl (C=O) groups is 1. The Bertz CT molecular complexity index is 1070. The van der Waals surface area contributed by atoms with Gasteiger partial charge in [0, 0.05) is 25.4 Å². The Kier molecular flexibility index (Phi) is 5.25. The number of hydrogen-bond acceptors (Lipinski definition) is 5. The number of aromatic amines is 1. The van der Waals surface area contributed by atoms with Crippen LogP contribution in [-0.2, 0) is 13.0 Å². The smallest absolute Gasteiger partial charge is 0.261 e. The third-order valence-corrected chi connectivity index (χ3v) is 5.50. The second-order valence-corrected chi connectivity index (χ2v) is 7.49. The molecule has 140 valence electrons. The van der Waals surface area contributed by atoms with Crippen molar-refractivity contribution in [1.82, 2.24) is 25.5 Å². The van der Waals surface area contributed by atoms with Crippen LogP contribution in [0.3, 0.4) is 0 Å². The van der Waals surface area contributed by atoms with Crippen LogP contribution in [0.1, 0.15) is 32.2 Å². The first-order valence-electron chi connectivity index (χ1n) is 8.92. The number of nitrogens with one attached hydrogen (secondary N) is 2. The largest absolute Gasteiger partial charge is 0.347 e. The normalized spacial score (nSPS) is 10.8. The minimum absolute atomic E-state index is 0.0994. The molecule has 6 nitrogen and oxygen atoms in total. The summed E-state index contributed by atoms with van der Waals surface area (Å²) in [5.41, 5.74) is 3.05. The molecule has 28 heavy (non-hydrogen) atoms. The summed E-state index contributed by atoms with van der Waals surface area (Å²) in [6, 6.07) is 15.9. The van der Waals surface area contributed by atoms with E-state index in [2.05, 4.69) is 37.6 Å². The highest BCUT2D eigenvalue weighted by atomic mass is 32.1. The predicted molar refractivity (Wildman–Crippen MR) is 109 cm³/mol. The Balaban J connectivity index is 1.46. The van der Waals surface area contributed by atoms with E-state index >= 15 is 0 Å². The third kappa shape index (κ3) is 4.15. The lowest BCUT2D eigenvalue weighted by Crippen LogP contribution is -2.22. The first-order chi connectivity index (χ1) is 13.7. The average Bonchev–Trinajstić information content (AvgIpc) is 3.34. The summed E-state index contributed by atoms with van der Waals surface area (Å²) in [5.74, 6) is 1.32. The number of aromatic nitrogens is 4. The molecule has 0 radical (unpaired) electrons. The van der Waals surface area contributed by atoms with Crippen LogP contribution < -0.4 is 5.32 Å². The molecule has 4 rings (SSSR count). The molecule has 0 saturated heterocycles. The van der Waals surface area contributed by atoms with E-state index in [0.29, 0.717) is 23.7 Å². The number of aryl methyl sites for hydroxylation is 1. The minimum atomic E-state index is -0.0994. The zero-order chi connectivity index (χ0) is 19.3. The van der Waals surface area contributed by atoms with Gasteiger partial charge in [-0.1, -0.05) is 36.4 Å². The summed E-state index contributed by atoms with van der Waals surface area (Å²) >= 11 is 1.40. The van der Waals surface area contributed by atoms with E-state index in [9.17, 15) is 4.79 Å². The topological polar surface area (TPSA) is 83.6 Å². The Labute approximate surface area is 166 Å². The molecule has 0 atom stereocenters. The highest BCUT2D eigenvalue weighted by Crippen LogP contribution is 2.29. The van der Waals surface area contributed by atoms with Crippen molar-refractivity contribution in [3.8, 4) is 10.7 Å². The minimum Gasteiger partial charge on any atom is -0.347 e. The molecule has 0 aliphatic carbocycles. The monoisotopic (exact) mass is 389 g/mol. The molecule has 7 heteroatoms. The SMILES string of the molecule is Cc1cc(-c2n[nH]c(Cc3ccccc3)n2)sc1C(=O)NCc1cccnc1. The van der Waals surface area contributed by atoms with Crippen molar-refractivity contribution >= 4 is 17.2 Å². The van der Waals surface area contributed by atoms with Gasteiger partial charge in [0.2, 0.25) is 0 Å². The molecule has 0 saturated carbocycles. The molecule has 0 spiro atoms. The molecule has 0 unspecified atom stereocenters. The van der Waals surface area contributed by atoms with Gasteiger partial charge in [-0.25, -0.2) is 4.98 Å². The zero-order valence-corrected chi connectivity index (χ0v) is 16.2. The maximum Gasteiger partial charge on any atom is 0.261 e. The van der Waals surface area contributed by atoms with Crippen molar-refractivity contribution in [3.05, 3.63) is 88.3 Å². The summed E-state index contributed by atoms with van der Waals surface area (Å²) in [7, 11) is 0. The van der Waals surface area contributed by atoms with Crippen LogP contribution in [0.5, 0.6) is 0 Å². The van der Waals surface area contributed by atoms with Gasteiger partial charge in [0.25, 0.3) is 5.91 Å². The summed E-state index contributed by atoms with van der Waals surface area (Å²) < 4.78 is 0. The van der Waals surface area contributed by atoms with Gasteiger partial charge in [0.15, 0.2) is 5.82 Å². The van der Waals surface area contributed by atoms with Crippen LogP contribution in [0, 0.1) is 6.92 Å². The lowest BCUT2D eigenvalue weighted by molar-refractivity contribution is 0.0954. The number of H-pyrrole nitrogens is 1. The van der Waals surface area contributed by atoms with E-state index in [1.54, 1.807) is 12.4 Å². The number of amides is 1. The van der Waals surface area contributed by atoms with E-state index in [-0.39, 0.29) is 5.91 Å². The molecule has 0 fully saturated rings. The Hall–Kier alpha value is -3.32. The molecule has 0 aliphatic heterocycles. The Morgan fingerprint density at radius 1 is 1.14 bits per heavy atom. The van der Waals surface area contributed by atoms with E-state index < -0.39 is 0 Å². The summed E-state index contributed by atoms with van der Waals surface area (Å²) in [6.07, 6.45) is 4.15. The van der Waals surface area contributed by atoms with Crippen molar-refractivity contribution in [2.45, 2.75) is 19.9 Å². The Morgan fingerprint density at radius 3 is 2.75 bits per heavy atom. The van der Waals surface area contributed by atoms with Gasteiger partial charge in [-0.15, -0.1) is 11.3 Å². The van der Waals surface area contributed by atoms with Gasteiger partial charge < -0.3 is 5.32 Å². The molecular formula is C21H19N5OS. The number of benzene rings is 1. The molecule has 4 aromatic rings. The van der Waals surface area contributed by atoms with Crippen molar-refractivity contribution < 1.29 is 4.79 Å². The highest BCUT2D eigenvalue weighted by Gasteiger charge is 2.17. The van der Waals surface area contributed by atoms with Crippen LogP contribution in [0.25, 0.3) is 10.7 Å². The first-order valence-corrected chi connectivity index (χ1v) is 9.74. The number of pyridine rings is 1. The number of nitrogens with zero attached hydrogens (tertiary/aromatic N) is 3. The fourth-order valence-electron chi connectivity index (χ4n) is 2.86. The van der Waals surface area contributed by atoms with Crippen LogP contribution in [0.2, 0.25) is 0 Å². The fourth-order valence-corrected chi connectivity index (χ4v) is 3.88. The summed E-state index contributed by atoms with van der Waals surface area (Å²) in [4.78, 5) is 22.8. The Morgan fingerprint density at radius 2 is 1.96 bits per heavy atom. The maximum atomic E-state index is 12.6. The fraction of sp³-hybridized carbons (Fsp3) is 0.143. The molecular weight excluding hydrogens is 370 g/mol. The van der Waals surface area contributed by atoms with Gasteiger partial charge in [-0.3, -0.25) is 14.9 Å². The summed E-state index contributed by atoms with van der Waals surface area (Å²) in [5, 5.41) is 10.3. The second kappa shape index (κ2) is 8.14. The van der Waals surface area contributed by atoms with Crippen molar-refractivity contribution in [1.29, 1.82) is 0 Å². The first kappa shape index (κ1) is 18.1. The highest BCUT2D eigenvalue weighted by molar-refractivity contribution is 7.17. The standard InChI is InChI=1S/C21H19N5OS/c1-14-10-17(20-24-18(25-26-20)11-15-6-3-2-4-7-15)28-19(14)21(27)23-13-16-8-5-9-22-12-16/h2-10,12H,11,13H2,1H3,(H,23,27)(H,24,25,26). The molecule has 3 heterocycles. The lowest BCUT2D eigenvalue weighted by atomic mass is 10.1. The van der Waals surface area contributed by atoms with Gasteiger partial charge >= 0.3 is 0 Å². The molecule has 2 N–H and O–H groups in total. The number of thiophene rings is 1. The van der Waals surface area contributed by atoms with E-state index in [1.165, 1.54) is 16.9 Å². The third-order valence-electron chi connectivity index (χ3n) is 4.27. The molecule has 3 aromatic heterocycles. The number of rotatable bonds is 6. The van der Waals surface area contributed by atoms with Gasteiger partial charge in [-0.2, -0.15) is 5.10 Å². The predicted octanol–water partition coefficient (Wildman–Crippen LogP) is 3.76. The van der Waals surface area contributed by atoms with E-state index in [1.807, 2.05) is 43.3 Å². The van der Waals surface area contributed by atoms with Crippen LogP contribution in [0.15, 0.2) is 60.9 Å². The molecule has 0 aliphatic rings. The van der Waals surface area contributed by atoms with Crippen LogP contribution in [-0.4, -0.2) is 26.1 Å². The molecule has 1 amide bonds. The quantitative estimate of drug-likeness (QED) is 0.526.